The van der Waals surface area contributed by atoms with Crippen LogP contribution in [0.3, 0.4) is 0 Å². The van der Waals surface area contributed by atoms with E-state index in [4.69, 9.17) is 0 Å². The van der Waals surface area contributed by atoms with Gasteiger partial charge in [-0.2, -0.15) is 0 Å². The van der Waals surface area contributed by atoms with E-state index in [1.54, 1.807) is 0 Å². The first-order valence-corrected chi connectivity index (χ1v) is 7.94. The molecule has 0 aliphatic carbocycles. The zero-order valence-corrected chi connectivity index (χ0v) is 13.4. The van der Waals surface area contributed by atoms with E-state index in [9.17, 15) is 4.79 Å². The molecule has 4 heteroatoms. The van der Waals surface area contributed by atoms with Gasteiger partial charge in [0, 0.05) is 30.4 Å². The molecule has 116 valence electrons. The van der Waals surface area contributed by atoms with E-state index in [1.807, 2.05) is 25.1 Å². The molecule has 21 heavy (non-hydrogen) atoms. The fraction of sp³-hybridized carbons (Fsp3) is 0.588. The predicted octanol–water partition coefficient (Wildman–Crippen LogP) is 2.64. The summed E-state index contributed by atoms with van der Waals surface area (Å²) in [6.45, 7) is 6.87. The number of hydrogen-bond donors (Lipinski definition) is 2. The summed E-state index contributed by atoms with van der Waals surface area (Å²) in [6, 6.07) is 6.31. The third-order valence-electron chi connectivity index (χ3n) is 4.28. The Kier molecular flexibility index (Phi) is 5.62. The van der Waals surface area contributed by atoms with Crippen molar-refractivity contribution in [3.8, 4) is 0 Å². The molecule has 0 aromatic heterocycles. The smallest absolute Gasteiger partial charge is 0.251 e. The number of amides is 1. The number of likely N-dealkylation sites (N-methyl/N-ethyl adjacent to an activating group) is 1. The number of nitrogens with one attached hydrogen (secondary N) is 2. The summed E-state index contributed by atoms with van der Waals surface area (Å²) in [6.07, 6.45) is 3.71. The molecule has 0 saturated carbocycles. The number of piperidine rings is 1. The molecule has 1 atom stereocenters. The zero-order valence-electron chi connectivity index (χ0n) is 13.4. The monoisotopic (exact) mass is 289 g/mol. The fourth-order valence-electron chi connectivity index (χ4n) is 2.91. The van der Waals surface area contributed by atoms with Crippen molar-refractivity contribution in [3.63, 3.8) is 0 Å². The highest BCUT2D eigenvalue weighted by atomic mass is 16.1. The summed E-state index contributed by atoms with van der Waals surface area (Å²) < 4.78 is 0. The molecule has 2 rings (SSSR count). The maximum atomic E-state index is 12.3. The quantitative estimate of drug-likeness (QED) is 0.876. The van der Waals surface area contributed by atoms with Crippen LogP contribution in [0.2, 0.25) is 0 Å². The minimum atomic E-state index is 0.0279. The number of carbonyl (C=O) groups excluding carboxylic acids is 1. The predicted molar refractivity (Wildman–Crippen MR) is 87.9 cm³/mol. The van der Waals surface area contributed by atoms with Gasteiger partial charge in [-0.05, 0) is 64.0 Å². The molecule has 1 aromatic carbocycles. The van der Waals surface area contributed by atoms with Gasteiger partial charge in [0.15, 0.2) is 0 Å². The Hall–Kier alpha value is -1.55. The largest absolute Gasteiger partial charge is 0.385 e. The van der Waals surface area contributed by atoms with E-state index < -0.39 is 0 Å². The first-order chi connectivity index (χ1) is 10.1. The van der Waals surface area contributed by atoms with Crippen molar-refractivity contribution in [2.45, 2.75) is 39.2 Å². The molecule has 1 aromatic rings. The maximum Gasteiger partial charge on any atom is 0.251 e. The lowest BCUT2D eigenvalue weighted by Gasteiger charge is -2.32. The van der Waals surface area contributed by atoms with Gasteiger partial charge >= 0.3 is 0 Å². The van der Waals surface area contributed by atoms with Gasteiger partial charge in [-0.3, -0.25) is 4.79 Å². The lowest BCUT2D eigenvalue weighted by molar-refractivity contribution is 0.0928. The Morgan fingerprint density at radius 1 is 1.38 bits per heavy atom. The van der Waals surface area contributed by atoms with Crippen LogP contribution in [0.1, 0.15) is 42.1 Å². The standard InChI is InChI=1S/C17H27N3O/c1-4-18-16-9-8-14(11-13(16)2)17(21)19-12-15-7-5-6-10-20(15)3/h8-9,11,15,18H,4-7,10,12H2,1-3H3,(H,19,21). The number of hydrogen-bond acceptors (Lipinski definition) is 3. The van der Waals surface area contributed by atoms with Crippen LogP contribution >= 0.6 is 0 Å². The highest BCUT2D eigenvalue weighted by Crippen LogP contribution is 2.17. The first kappa shape index (κ1) is 15.8. The van der Waals surface area contributed by atoms with Crippen molar-refractivity contribution in [2.24, 2.45) is 0 Å². The van der Waals surface area contributed by atoms with E-state index >= 15 is 0 Å². The minimum Gasteiger partial charge on any atom is -0.385 e. The van der Waals surface area contributed by atoms with Crippen LogP contribution in [0.5, 0.6) is 0 Å². The van der Waals surface area contributed by atoms with Crippen molar-refractivity contribution in [1.29, 1.82) is 0 Å². The van der Waals surface area contributed by atoms with Crippen molar-refractivity contribution in [2.75, 3.05) is 32.0 Å². The second-order valence-corrected chi connectivity index (χ2v) is 5.90. The van der Waals surface area contributed by atoms with Gasteiger partial charge in [0.25, 0.3) is 5.91 Å². The van der Waals surface area contributed by atoms with Crippen LogP contribution in [-0.4, -0.2) is 43.5 Å². The van der Waals surface area contributed by atoms with E-state index in [2.05, 4.69) is 29.5 Å². The zero-order chi connectivity index (χ0) is 15.2. The summed E-state index contributed by atoms with van der Waals surface area (Å²) >= 11 is 0. The number of nitrogens with zero attached hydrogens (tertiary/aromatic N) is 1. The van der Waals surface area contributed by atoms with Crippen LogP contribution in [0, 0.1) is 6.92 Å². The Balaban J connectivity index is 1.92. The summed E-state index contributed by atoms with van der Waals surface area (Å²) in [5, 5.41) is 6.37. The van der Waals surface area contributed by atoms with Crippen LogP contribution in [0.15, 0.2) is 18.2 Å². The summed E-state index contributed by atoms with van der Waals surface area (Å²) in [7, 11) is 2.14. The van der Waals surface area contributed by atoms with Gasteiger partial charge in [-0.15, -0.1) is 0 Å². The van der Waals surface area contributed by atoms with Crippen molar-refractivity contribution in [3.05, 3.63) is 29.3 Å². The second-order valence-electron chi connectivity index (χ2n) is 5.90. The average Bonchev–Trinajstić information content (AvgIpc) is 2.48. The number of rotatable bonds is 5. The van der Waals surface area contributed by atoms with Crippen LogP contribution in [0.4, 0.5) is 5.69 Å². The number of carbonyl (C=O) groups is 1. The molecule has 1 unspecified atom stereocenters. The molecule has 0 radical (unpaired) electrons. The van der Waals surface area contributed by atoms with Gasteiger partial charge in [-0.1, -0.05) is 6.42 Å². The molecule has 1 aliphatic rings. The van der Waals surface area contributed by atoms with Gasteiger partial charge in [0.05, 0.1) is 0 Å². The van der Waals surface area contributed by atoms with Gasteiger partial charge in [-0.25, -0.2) is 0 Å². The third kappa shape index (κ3) is 4.21. The van der Waals surface area contributed by atoms with Gasteiger partial charge in [0.1, 0.15) is 0 Å². The second kappa shape index (κ2) is 7.46. The Bertz CT molecular complexity index is 487. The average molecular weight is 289 g/mol. The van der Waals surface area contributed by atoms with Crippen molar-refractivity contribution < 1.29 is 4.79 Å². The molecule has 4 nitrogen and oxygen atoms in total. The van der Waals surface area contributed by atoms with Crippen LogP contribution in [-0.2, 0) is 0 Å². The molecule has 0 bridgehead atoms. The number of aryl methyl sites for hydroxylation is 1. The van der Waals surface area contributed by atoms with Crippen molar-refractivity contribution in [1.82, 2.24) is 10.2 Å². The molecule has 1 fully saturated rings. The SMILES string of the molecule is CCNc1ccc(C(=O)NCC2CCCCN2C)cc1C. The topological polar surface area (TPSA) is 44.4 Å². The molecule has 1 amide bonds. The molecular formula is C17H27N3O. The Morgan fingerprint density at radius 2 is 2.19 bits per heavy atom. The minimum absolute atomic E-state index is 0.0279. The third-order valence-corrected chi connectivity index (χ3v) is 4.28. The Labute approximate surface area is 127 Å². The van der Waals surface area contributed by atoms with Crippen LogP contribution in [0.25, 0.3) is 0 Å². The highest BCUT2D eigenvalue weighted by Gasteiger charge is 2.19. The number of likely N-dealkylation sites (tertiary alicyclic amines) is 1. The highest BCUT2D eigenvalue weighted by molar-refractivity contribution is 5.94. The van der Waals surface area contributed by atoms with Crippen LogP contribution < -0.4 is 10.6 Å². The molecule has 2 N–H and O–H groups in total. The lowest BCUT2D eigenvalue weighted by Crippen LogP contribution is -2.44. The number of benzene rings is 1. The summed E-state index contributed by atoms with van der Waals surface area (Å²) in [5.74, 6) is 0.0279. The molecular weight excluding hydrogens is 262 g/mol. The lowest BCUT2D eigenvalue weighted by atomic mass is 10.0. The molecule has 0 spiro atoms. The van der Waals surface area contributed by atoms with Crippen molar-refractivity contribution >= 4 is 11.6 Å². The number of anilines is 1. The van der Waals surface area contributed by atoms with E-state index in [1.165, 1.54) is 19.3 Å². The normalized spacial score (nSPS) is 19.3. The van der Waals surface area contributed by atoms with Gasteiger partial charge < -0.3 is 15.5 Å². The first-order valence-electron chi connectivity index (χ1n) is 7.94. The van der Waals surface area contributed by atoms with E-state index in [-0.39, 0.29) is 5.91 Å². The summed E-state index contributed by atoms with van der Waals surface area (Å²) in [5.41, 5.74) is 2.95. The molecule has 1 saturated heterocycles. The Morgan fingerprint density at radius 3 is 2.86 bits per heavy atom. The summed E-state index contributed by atoms with van der Waals surface area (Å²) in [4.78, 5) is 14.6. The van der Waals surface area contributed by atoms with Gasteiger partial charge in [0.2, 0.25) is 0 Å². The van der Waals surface area contributed by atoms with E-state index in [0.29, 0.717) is 6.04 Å². The fourth-order valence-corrected chi connectivity index (χ4v) is 2.91. The maximum absolute atomic E-state index is 12.3. The molecule has 1 aliphatic heterocycles. The van der Waals surface area contributed by atoms with E-state index in [0.717, 1.165) is 36.4 Å². The molecule has 1 heterocycles.